The first-order chi connectivity index (χ1) is 12.3. The van der Waals surface area contributed by atoms with Crippen molar-refractivity contribution in [2.24, 2.45) is 15.8 Å². The standard InChI is InChI=1S/C15H13ClN6O3S/c1-26(23,24)25-22-13(12-4-2-3-7-18-12)20-21-14(22)10-8-9(16)5-6-11(10)19-15(21)17/h2-8,14H,1H3,(H2,17,19). The molecule has 1 aromatic heterocycles. The summed E-state index contributed by atoms with van der Waals surface area (Å²) in [5.74, 6) is 0.282. The lowest BCUT2D eigenvalue weighted by atomic mass is 10.1. The first-order valence-electron chi connectivity index (χ1n) is 7.45. The fourth-order valence-electron chi connectivity index (χ4n) is 2.74. The highest BCUT2D eigenvalue weighted by atomic mass is 35.5. The van der Waals surface area contributed by atoms with Crippen LogP contribution in [0.5, 0.6) is 0 Å². The summed E-state index contributed by atoms with van der Waals surface area (Å²) < 4.78 is 28.9. The normalized spacial score (nSPS) is 18.9. The third kappa shape index (κ3) is 2.87. The number of guanidine groups is 1. The molecule has 0 saturated heterocycles. The van der Waals surface area contributed by atoms with Gasteiger partial charge in [0.05, 0.1) is 11.9 Å². The van der Waals surface area contributed by atoms with Crippen LogP contribution in [0.1, 0.15) is 17.4 Å². The van der Waals surface area contributed by atoms with Gasteiger partial charge in [-0.2, -0.15) is 13.5 Å². The number of nitrogens with two attached hydrogens (primary N) is 1. The van der Waals surface area contributed by atoms with Gasteiger partial charge >= 0.3 is 0 Å². The summed E-state index contributed by atoms with van der Waals surface area (Å²) in [5, 5.41) is 7.36. The lowest BCUT2D eigenvalue weighted by Crippen LogP contribution is -2.43. The average molecular weight is 393 g/mol. The minimum atomic E-state index is -3.85. The second-order valence-electron chi connectivity index (χ2n) is 5.63. The smallest absolute Gasteiger partial charge is 0.285 e. The number of hydrazone groups is 1. The number of pyridine rings is 1. The van der Waals surface area contributed by atoms with E-state index in [1.165, 1.54) is 5.01 Å². The SMILES string of the molecule is CS(=O)(=O)ON1C(c2ccccn2)=NN2C(N)=Nc3ccc(Cl)cc3C21. The molecule has 11 heteroatoms. The molecule has 0 spiro atoms. The van der Waals surface area contributed by atoms with Crippen molar-refractivity contribution in [2.75, 3.05) is 6.26 Å². The van der Waals surface area contributed by atoms with Crippen LogP contribution in [0, 0.1) is 0 Å². The van der Waals surface area contributed by atoms with Crippen molar-refractivity contribution < 1.29 is 12.7 Å². The molecule has 9 nitrogen and oxygen atoms in total. The fraction of sp³-hybridized carbons (Fsp3) is 0.133. The highest BCUT2D eigenvalue weighted by Gasteiger charge is 2.44. The van der Waals surface area contributed by atoms with Gasteiger partial charge in [0.2, 0.25) is 11.8 Å². The summed E-state index contributed by atoms with van der Waals surface area (Å²) in [4.78, 5) is 8.51. The van der Waals surface area contributed by atoms with Crippen LogP contribution in [0.15, 0.2) is 52.7 Å². The third-order valence-electron chi connectivity index (χ3n) is 3.71. The van der Waals surface area contributed by atoms with Gasteiger partial charge in [0.25, 0.3) is 10.1 Å². The molecule has 1 atom stereocenters. The van der Waals surface area contributed by atoms with Gasteiger partial charge in [-0.25, -0.2) is 10.0 Å². The van der Waals surface area contributed by atoms with Gasteiger partial charge < -0.3 is 5.73 Å². The second-order valence-corrected chi connectivity index (χ2v) is 7.63. The lowest BCUT2D eigenvalue weighted by Gasteiger charge is -2.32. The number of amidine groups is 1. The van der Waals surface area contributed by atoms with Gasteiger partial charge in [-0.15, -0.1) is 9.39 Å². The minimum Gasteiger partial charge on any atom is -0.368 e. The van der Waals surface area contributed by atoms with E-state index in [1.807, 2.05) is 0 Å². The molecule has 0 aliphatic carbocycles. The number of fused-ring (bicyclic) bond motifs is 3. The number of hydrogen-bond acceptors (Lipinski definition) is 9. The van der Waals surface area contributed by atoms with Gasteiger partial charge in [-0.1, -0.05) is 17.7 Å². The predicted molar refractivity (Wildman–Crippen MR) is 95.9 cm³/mol. The molecule has 4 rings (SSSR count). The quantitative estimate of drug-likeness (QED) is 0.843. The van der Waals surface area contributed by atoms with Crippen LogP contribution in [0.4, 0.5) is 5.69 Å². The maximum Gasteiger partial charge on any atom is 0.285 e. The first-order valence-corrected chi connectivity index (χ1v) is 9.64. The van der Waals surface area contributed by atoms with Crippen molar-refractivity contribution in [3.63, 3.8) is 0 Å². The van der Waals surface area contributed by atoms with E-state index in [0.29, 0.717) is 22.0 Å². The van der Waals surface area contributed by atoms with Crippen molar-refractivity contribution in [1.82, 2.24) is 15.1 Å². The van der Waals surface area contributed by atoms with E-state index >= 15 is 0 Å². The summed E-state index contributed by atoms with van der Waals surface area (Å²) in [7, 11) is -3.85. The Kier molecular flexibility index (Phi) is 3.83. The Labute approximate surface area is 154 Å². The van der Waals surface area contributed by atoms with Crippen LogP contribution in [0.3, 0.4) is 0 Å². The Balaban J connectivity index is 1.89. The summed E-state index contributed by atoms with van der Waals surface area (Å²) in [6.45, 7) is 0. The second kappa shape index (κ2) is 5.94. The molecule has 0 radical (unpaired) electrons. The van der Waals surface area contributed by atoms with Crippen molar-refractivity contribution >= 4 is 39.2 Å². The van der Waals surface area contributed by atoms with E-state index in [4.69, 9.17) is 21.6 Å². The Morgan fingerprint density at radius 1 is 1.27 bits per heavy atom. The maximum absolute atomic E-state index is 11.9. The third-order valence-corrected chi connectivity index (χ3v) is 4.38. The average Bonchev–Trinajstić information content (AvgIpc) is 2.95. The molecule has 1 aromatic carbocycles. The largest absolute Gasteiger partial charge is 0.368 e. The molecule has 2 aliphatic rings. The van der Waals surface area contributed by atoms with Crippen LogP contribution < -0.4 is 5.73 Å². The number of hydroxylamine groups is 2. The number of benzene rings is 1. The van der Waals surface area contributed by atoms with Crippen LogP contribution in [0.2, 0.25) is 5.02 Å². The van der Waals surface area contributed by atoms with E-state index in [1.54, 1.807) is 42.6 Å². The van der Waals surface area contributed by atoms with Gasteiger partial charge in [0.15, 0.2) is 6.17 Å². The molecule has 0 amide bonds. The Morgan fingerprint density at radius 3 is 2.77 bits per heavy atom. The number of rotatable bonds is 3. The number of aromatic nitrogens is 1. The molecular weight excluding hydrogens is 380 g/mol. The van der Waals surface area contributed by atoms with E-state index in [9.17, 15) is 8.42 Å². The maximum atomic E-state index is 11.9. The minimum absolute atomic E-state index is 0.0952. The highest BCUT2D eigenvalue weighted by molar-refractivity contribution is 7.85. The fourth-order valence-corrected chi connectivity index (χ4v) is 3.36. The van der Waals surface area contributed by atoms with E-state index in [0.717, 1.165) is 11.3 Å². The molecule has 0 fully saturated rings. The number of hydrogen-bond donors (Lipinski definition) is 1. The summed E-state index contributed by atoms with van der Waals surface area (Å²) in [5.41, 5.74) is 7.59. The van der Waals surface area contributed by atoms with Crippen LogP contribution in [-0.2, 0) is 14.4 Å². The van der Waals surface area contributed by atoms with E-state index in [2.05, 4.69) is 15.1 Å². The zero-order valence-electron chi connectivity index (χ0n) is 13.4. The zero-order chi connectivity index (χ0) is 18.5. The predicted octanol–water partition coefficient (Wildman–Crippen LogP) is 1.56. The van der Waals surface area contributed by atoms with Crippen LogP contribution in [-0.4, -0.2) is 41.5 Å². The van der Waals surface area contributed by atoms with Gasteiger partial charge in [-0.3, -0.25) is 4.98 Å². The van der Waals surface area contributed by atoms with Crippen molar-refractivity contribution in [3.05, 3.63) is 58.9 Å². The van der Waals surface area contributed by atoms with Crippen molar-refractivity contribution in [1.29, 1.82) is 0 Å². The van der Waals surface area contributed by atoms with Gasteiger partial charge in [0, 0.05) is 16.8 Å². The van der Waals surface area contributed by atoms with Gasteiger partial charge in [-0.05, 0) is 30.3 Å². The topological polar surface area (TPSA) is 113 Å². The molecule has 1 unspecified atom stereocenters. The lowest BCUT2D eigenvalue weighted by molar-refractivity contribution is -0.0396. The molecule has 26 heavy (non-hydrogen) atoms. The number of aliphatic imine (C=N–C) groups is 1. The monoisotopic (exact) mass is 392 g/mol. The molecule has 134 valence electrons. The molecule has 2 N–H and O–H groups in total. The Hall–Kier alpha value is -2.69. The van der Waals surface area contributed by atoms with Crippen molar-refractivity contribution in [2.45, 2.75) is 6.17 Å². The van der Waals surface area contributed by atoms with Crippen LogP contribution >= 0.6 is 11.6 Å². The van der Waals surface area contributed by atoms with E-state index < -0.39 is 16.3 Å². The summed E-state index contributed by atoms with van der Waals surface area (Å²) >= 11 is 6.11. The molecule has 3 heterocycles. The molecular formula is C15H13ClN6O3S. The Morgan fingerprint density at radius 2 is 2.08 bits per heavy atom. The molecule has 2 aliphatic heterocycles. The van der Waals surface area contributed by atoms with Gasteiger partial charge in [0.1, 0.15) is 5.69 Å². The first kappa shape index (κ1) is 16.8. The summed E-state index contributed by atoms with van der Waals surface area (Å²) in [6, 6.07) is 10.2. The van der Waals surface area contributed by atoms with Crippen molar-refractivity contribution in [3.8, 4) is 0 Å². The molecule has 0 bridgehead atoms. The zero-order valence-corrected chi connectivity index (χ0v) is 15.0. The van der Waals surface area contributed by atoms with Crippen LogP contribution in [0.25, 0.3) is 0 Å². The number of halogens is 1. The Bertz CT molecular complexity index is 1040. The van der Waals surface area contributed by atoms with E-state index in [-0.39, 0.29) is 11.8 Å². The highest BCUT2D eigenvalue weighted by Crippen LogP contribution is 2.42. The summed E-state index contributed by atoms with van der Waals surface area (Å²) in [6.07, 6.45) is 1.73. The molecule has 2 aromatic rings. The number of nitrogens with zero attached hydrogens (tertiary/aromatic N) is 5. The molecule has 0 saturated carbocycles.